The molecule has 1 amide bonds. The van der Waals surface area contributed by atoms with E-state index in [1.807, 2.05) is 18.3 Å². The van der Waals surface area contributed by atoms with E-state index in [-0.39, 0.29) is 0 Å². The van der Waals surface area contributed by atoms with Gasteiger partial charge in [0.05, 0.1) is 0 Å². The summed E-state index contributed by atoms with van der Waals surface area (Å²) >= 11 is 0. The van der Waals surface area contributed by atoms with Crippen LogP contribution in [0.1, 0.15) is 63.6 Å². The van der Waals surface area contributed by atoms with Crippen molar-refractivity contribution in [1.82, 2.24) is 19.4 Å². The van der Waals surface area contributed by atoms with Gasteiger partial charge in [-0.3, -0.25) is 4.79 Å². The molecule has 1 atom stereocenters. The first kappa shape index (κ1) is 16.6. The number of carbonyl (C=O) groups is 1. The van der Waals surface area contributed by atoms with Crippen LogP contribution in [0.25, 0.3) is 11.2 Å². The number of pyridine rings is 1. The van der Waals surface area contributed by atoms with E-state index < -0.39 is 0 Å². The highest BCUT2D eigenvalue weighted by Crippen LogP contribution is 2.31. The van der Waals surface area contributed by atoms with E-state index in [1.54, 1.807) is 0 Å². The Bertz CT molecular complexity index is 747. The van der Waals surface area contributed by atoms with E-state index in [0.29, 0.717) is 11.8 Å². The molecule has 1 saturated heterocycles. The second kappa shape index (κ2) is 7.14. The molecule has 25 heavy (non-hydrogen) atoms. The lowest BCUT2D eigenvalue weighted by molar-refractivity contribution is -0.130. The van der Waals surface area contributed by atoms with Crippen LogP contribution in [0.2, 0.25) is 0 Å². The Labute approximate surface area is 149 Å². The third kappa shape index (κ3) is 3.29. The maximum atomic E-state index is 12.6. The first-order valence-electron chi connectivity index (χ1n) is 9.85. The van der Waals surface area contributed by atoms with E-state index in [1.165, 1.54) is 25.7 Å². The standard InChI is InChI=1S/C20H28N4O/c1-2-24-19(22-17-8-5-12-21-20(17)24)16-11-13-23(14-16)18(25)10-9-15-6-3-4-7-15/h5,8,12,15-16H,2-4,6-7,9-11,13-14H2,1H3. The van der Waals surface area contributed by atoms with Crippen LogP contribution in [0.3, 0.4) is 0 Å². The van der Waals surface area contributed by atoms with Gasteiger partial charge in [0.2, 0.25) is 5.91 Å². The molecule has 0 spiro atoms. The first-order chi connectivity index (χ1) is 12.3. The van der Waals surface area contributed by atoms with Crippen LogP contribution < -0.4 is 0 Å². The fourth-order valence-corrected chi connectivity index (χ4v) is 4.58. The number of likely N-dealkylation sites (tertiary alicyclic amines) is 1. The highest BCUT2D eigenvalue weighted by Gasteiger charge is 2.31. The molecule has 5 heteroatoms. The number of fused-ring (bicyclic) bond motifs is 1. The third-order valence-electron chi connectivity index (χ3n) is 6.00. The fraction of sp³-hybridized carbons (Fsp3) is 0.650. The van der Waals surface area contributed by atoms with Gasteiger partial charge in [0.15, 0.2) is 5.65 Å². The van der Waals surface area contributed by atoms with Gasteiger partial charge in [0, 0.05) is 38.2 Å². The van der Waals surface area contributed by atoms with Crippen molar-refractivity contribution in [2.75, 3.05) is 13.1 Å². The monoisotopic (exact) mass is 340 g/mol. The van der Waals surface area contributed by atoms with Crippen molar-refractivity contribution in [3.05, 3.63) is 24.2 Å². The van der Waals surface area contributed by atoms with Gasteiger partial charge in [-0.15, -0.1) is 0 Å². The van der Waals surface area contributed by atoms with Gasteiger partial charge >= 0.3 is 0 Å². The summed E-state index contributed by atoms with van der Waals surface area (Å²) in [7, 11) is 0. The molecule has 134 valence electrons. The van der Waals surface area contributed by atoms with Gasteiger partial charge in [-0.2, -0.15) is 0 Å². The van der Waals surface area contributed by atoms with Crippen LogP contribution in [0.5, 0.6) is 0 Å². The van der Waals surface area contributed by atoms with Crippen LogP contribution in [0.15, 0.2) is 18.3 Å². The fourth-order valence-electron chi connectivity index (χ4n) is 4.58. The number of hydrogen-bond acceptors (Lipinski definition) is 3. The molecule has 0 aromatic carbocycles. The van der Waals surface area contributed by atoms with Gasteiger partial charge in [0.1, 0.15) is 11.3 Å². The number of carbonyl (C=O) groups excluding carboxylic acids is 1. The van der Waals surface area contributed by atoms with Crippen molar-refractivity contribution >= 4 is 17.1 Å². The van der Waals surface area contributed by atoms with Gasteiger partial charge in [-0.25, -0.2) is 9.97 Å². The molecule has 1 unspecified atom stereocenters. The highest BCUT2D eigenvalue weighted by molar-refractivity contribution is 5.76. The lowest BCUT2D eigenvalue weighted by Gasteiger charge is -2.18. The predicted octanol–water partition coefficient (Wildman–Crippen LogP) is 3.74. The molecule has 2 aliphatic rings. The smallest absolute Gasteiger partial charge is 0.222 e. The molecular weight excluding hydrogens is 312 g/mol. The highest BCUT2D eigenvalue weighted by atomic mass is 16.2. The van der Waals surface area contributed by atoms with Crippen molar-refractivity contribution in [3.63, 3.8) is 0 Å². The number of hydrogen-bond donors (Lipinski definition) is 0. The zero-order valence-electron chi connectivity index (χ0n) is 15.2. The number of rotatable bonds is 5. The van der Waals surface area contributed by atoms with Crippen molar-refractivity contribution < 1.29 is 4.79 Å². The summed E-state index contributed by atoms with van der Waals surface area (Å²) in [6, 6.07) is 3.96. The van der Waals surface area contributed by atoms with Crippen molar-refractivity contribution in [2.45, 2.75) is 64.3 Å². The largest absolute Gasteiger partial charge is 0.342 e. The molecule has 3 heterocycles. The minimum atomic E-state index is 0.338. The number of imidazole rings is 1. The van der Waals surface area contributed by atoms with Crippen molar-refractivity contribution in [2.24, 2.45) is 5.92 Å². The Balaban J connectivity index is 1.42. The lowest BCUT2D eigenvalue weighted by Crippen LogP contribution is -2.28. The van der Waals surface area contributed by atoms with Crippen LogP contribution in [0, 0.1) is 5.92 Å². The molecule has 1 aliphatic heterocycles. The summed E-state index contributed by atoms with van der Waals surface area (Å²) in [5, 5.41) is 0. The summed E-state index contributed by atoms with van der Waals surface area (Å²) in [4.78, 5) is 24.0. The van der Waals surface area contributed by atoms with Crippen LogP contribution >= 0.6 is 0 Å². The summed E-state index contributed by atoms with van der Waals surface area (Å²) in [6.07, 6.45) is 10.00. The molecular formula is C20H28N4O. The SMILES string of the molecule is CCn1c(C2CCN(C(=O)CCC3CCCC3)C2)nc2cccnc21. The molecule has 4 rings (SSSR count). The Morgan fingerprint density at radius 3 is 2.92 bits per heavy atom. The second-order valence-corrected chi connectivity index (χ2v) is 7.57. The Morgan fingerprint density at radius 1 is 1.28 bits per heavy atom. The van der Waals surface area contributed by atoms with Crippen molar-refractivity contribution in [3.8, 4) is 0 Å². The maximum absolute atomic E-state index is 12.6. The lowest BCUT2D eigenvalue weighted by atomic mass is 10.0. The summed E-state index contributed by atoms with van der Waals surface area (Å²) in [5.41, 5.74) is 1.93. The average molecular weight is 340 g/mol. The molecule has 2 aromatic rings. The number of nitrogens with zero attached hydrogens (tertiary/aromatic N) is 4. The van der Waals surface area contributed by atoms with E-state index in [9.17, 15) is 4.79 Å². The van der Waals surface area contributed by atoms with E-state index in [2.05, 4.69) is 21.4 Å². The molecule has 0 N–H and O–H groups in total. The minimum Gasteiger partial charge on any atom is -0.342 e. The van der Waals surface area contributed by atoms with Gasteiger partial charge in [-0.1, -0.05) is 25.7 Å². The maximum Gasteiger partial charge on any atom is 0.222 e. The average Bonchev–Trinajstić information content (AvgIpc) is 3.38. The zero-order valence-corrected chi connectivity index (χ0v) is 15.2. The second-order valence-electron chi connectivity index (χ2n) is 7.57. The van der Waals surface area contributed by atoms with Crippen LogP contribution in [0.4, 0.5) is 0 Å². The third-order valence-corrected chi connectivity index (χ3v) is 6.00. The van der Waals surface area contributed by atoms with Crippen LogP contribution in [-0.2, 0) is 11.3 Å². The van der Waals surface area contributed by atoms with E-state index in [4.69, 9.17) is 4.98 Å². The number of aromatic nitrogens is 3. The number of aryl methyl sites for hydroxylation is 1. The van der Waals surface area contributed by atoms with E-state index >= 15 is 0 Å². The molecule has 0 radical (unpaired) electrons. The quantitative estimate of drug-likeness (QED) is 0.833. The van der Waals surface area contributed by atoms with Crippen LogP contribution in [-0.4, -0.2) is 38.4 Å². The first-order valence-corrected chi connectivity index (χ1v) is 9.85. The molecule has 0 bridgehead atoms. The Morgan fingerprint density at radius 2 is 2.12 bits per heavy atom. The minimum absolute atomic E-state index is 0.338. The predicted molar refractivity (Wildman–Crippen MR) is 98.3 cm³/mol. The summed E-state index contributed by atoms with van der Waals surface area (Å²) < 4.78 is 2.21. The van der Waals surface area contributed by atoms with Gasteiger partial charge in [-0.05, 0) is 37.8 Å². The Hall–Kier alpha value is -1.91. The molecule has 2 fully saturated rings. The topological polar surface area (TPSA) is 51.0 Å². The molecule has 5 nitrogen and oxygen atoms in total. The number of amides is 1. The van der Waals surface area contributed by atoms with Gasteiger partial charge < -0.3 is 9.47 Å². The normalized spacial score (nSPS) is 21.5. The summed E-state index contributed by atoms with van der Waals surface area (Å²) in [6.45, 7) is 4.69. The summed E-state index contributed by atoms with van der Waals surface area (Å²) in [5.74, 6) is 2.57. The molecule has 2 aromatic heterocycles. The zero-order chi connectivity index (χ0) is 17.2. The Kier molecular flexibility index (Phi) is 4.73. The van der Waals surface area contributed by atoms with Gasteiger partial charge in [0.25, 0.3) is 0 Å². The molecule has 1 aliphatic carbocycles. The molecule has 1 saturated carbocycles. The van der Waals surface area contributed by atoms with E-state index in [0.717, 1.165) is 61.8 Å². The van der Waals surface area contributed by atoms with Crippen molar-refractivity contribution in [1.29, 1.82) is 0 Å².